The van der Waals surface area contributed by atoms with E-state index in [0.29, 0.717) is 6.54 Å². The number of hydrogen-bond donors (Lipinski definition) is 3. The minimum atomic E-state index is -0.604. The lowest BCUT2D eigenvalue weighted by Gasteiger charge is -2.14. The van der Waals surface area contributed by atoms with Gasteiger partial charge in [-0.15, -0.1) is 0 Å². The topological polar surface area (TPSA) is 70.2 Å². The summed E-state index contributed by atoms with van der Waals surface area (Å²) in [5.74, 6) is -0.558. The first-order chi connectivity index (χ1) is 9.02. The van der Waals surface area contributed by atoms with Gasteiger partial charge in [0.05, 0.1) is 0 Å². The van der Waals surface area contributed by atoms with Crippen LogP contribution in [-0.4, -0.2) is 24.5 Å². The predicted molar refractivity (Wildman–Crippen MR) is 69.9 cm³/mol. The smallest absolute Gasteiger partial charge is 0.315 e. The fraction of sp³-hybridized carbons (Fsp3) is 0.385. The van der Waals surface area contributed by atoms with Gasteiger partial charge in [-0.25, -0.2) is 9.18 Å². The molecule has 0 heterocycles. The third kappa shape index (κ3) is 5.37. The lowest BCUT2D eigenvalue weighted by molar-refractivity contribution is -0.122. The van der Waals surface area contributed by atoms with Gasteiger partial charge in [0.25, 0.3) is 0 Å². The summed E-state index contributed by atoms with van der Waals surface area (Å²) in [7, 11) is 0. The van der Waals surface area contributed by atoms with E-state index < -0.39 is 12.1 Å². The SMILES string of the molecule is CCNC(=O)[C@H](C)NC(=O)NCc1ccc(F)cc1. The Morgan fingerprint density at radius 3 is 2.42 bits per heavy atom. The summed E-state index contributed by atoms with van der Waals surface area (Å²) in [4.78, 5) is 22.9. The Morgan fingerprint density at radius 2 is 1.84 bits per heavy atom. The van der Waals surface area contributed by atoms with E-state index in [-0.39, 0.29) is 18.3 Å². The minimum Gasteiger partial charge on any atom is -0.355 e. The highest BCUT2D eigenvalue weighted by molar-refractivity contribution is 5.86. The molecule has 0 radical (unpaired) electrons. The molecule has 3 N–H and O–H groups in total. The average Bonchev–Trinajstić information content (AvgIpc) is 2.38. The van der Waals surface area contributed by atoms with Crippen molar-refractivity contribution >= 4 is 11.9 Å². The summed E-state index contributed by atoms with van der Waals surface area (Å²) in [6.45, 7) is 4.19. The molecule has 0 spiro atoms. The Morgan fingerprint density at radius 1 is 1.21 bits per heavy atom. The molecule has 0 bridgehead atoms. The van der Waals surface area contributed by atoms with Crippen LogP contribution in [0.1, 0.15) is 19.4 Å². The second-order valence-corrected chi connectivity index (χ2v) is 4.07. The van der Waals surface area contributed by atoms with Crippen LogP contribution < -0.4 is 16.0 Å². The van der Waals surface area contributed by atoms with E-state index >= 15 is 0 Å². The standard InChI is InChI=1S/C13H18FN3O2/c1-3-15-12(18)9(2)17-13(19)16-8-10-4-6-11(14)7-5-10/h4-7,9H,3,8H2,1-2H3,(H,15,18)(H2,16,17,19)/t9-/m0/s1. The van der Waals surface area contributed by atoms with Crippen LogP contribution in [0.15, 0.2) is 24.3 Å². The number of benzene rings is 1. The van der Waals surface area contributed by atoms with Gasteiger partial charge in [-0.1, -0.05) is 12.1 Å². The van der Waals surface area contributed by atoms with E-state index in [2.05, 4.69) is 16.0 Å². The van der Waals surface area contributed by atoms with Gasteiger partial charge in [-0.2, -0.15) is 0 Å². The molecule has 0 saturated carbocycles. The number of amides is 3. The summed E-state index contributed by atoms with van der Waals surface area (Å²) < 4.78 is 12.7. The molecule has 3 amide bonds. The van der Waals surface area contributed by atoms with E-state index in [4.69, 9.17) is 0 Å². The van der Waals surface area contributed by atoms with Gasteiger partial charge in [0.1, 0.15) is 11.9 Å². The first-order valence-corrected chi connectivity index (χ1v) is 6.09. The summed E-state index contributed by atoms with van der Waals surface area (Å²) >= 11 is 0. The molecule has 0 aliphatic rings. The molecule has 1 atom stereocenters. The van der Waals surface area contributed by atoms with Gasteiger partial charge >= 0.3 is 6.03 Å². The van der Waals surface area contributed by atoms with Crippen LogP contribution in [0.25, 0.3) is 0 Å². The number of halogens is 1. The summed E-state index contributed by atoms with van der Waals surface area (Å²) in [6, 6.07) is 4.78. The molecule has 1 aromatic rings. The predicted octanol–water partition coefficient (Wildman–Crippen LogP) is 1.15. The third-order valence-electron chi connectivity index (χ3n) is 2.46. The second-order valence-electron chi connectivity index (χ2n) is 4.07. The molecular formula is C13H18FN3O2. The molecule has 0 unspecified atom stereocenters. The van der Waals surface area contributed by atoms with Crippen molar-refractivity contribution in [2.24, 2.45) is 0 Å². The van der Waals surface area contributed by atoms with Crippen LogP contribution in [0.4, 0.5) is 9.18 Å². The minimum absolute atomic E-state index is 0.237. The first kappa shape index (κ1) is 14.9. The number of rotatable bonds is 5. The van der Waals surface area contributed by atoms with Crippen molar-refractivity contribution < 1.29 is 14.0 Å². The van der Waals surface area contributed by atoms with E-state index in [1.54, 1.807) is 26.0 Å². The van der Waals surface area contributed by atoms with Gasteiger partial charge in [0.2, 0.25) is 5.91 Å². The largest absolute Gasteiger partial charge is 0.355 e. The van der Waals surface area contributed by atoms with Crippen LogP contribution in [0, 0.1) is 5.82 Å². The second kappa shape index (κ2) is 7.35. The number of nitrogens with one attached hydrogen (secondary N) is 3. The highest BCUT2D eigenvalue weighted by Crippen LogP contribution is 2.01. The van der Waals surface area contributed by atoms with Crippen LogP contribution in [0.5, 0.6) is 0 Å². The van der Waals surface area contributed by atoms with Gasteiger partial charge in [-0.3, -0.25) is 4.79 Å². The molecule has 0 saturated heterocycles. The van der Waals surface area contributed by atoms with Gasteiger partial charge < -0.3 is 16.0 Å². The molecule has 1 aromatic carbocycles. The van der Waals surface area contributed by atoms with Crippen molar-refractivity contribution in [2.75, 3.05) is 6.54 Å². The van der Waals surface area contributed by atoms with Crippen molar-refractivity contribution in [1.29, 1.82) is 0 Å². The Labute approximate surface area is 111 Å². The average molecular weight is 267 g/mol. The monoisotopic (exact) mass is 267 g/mol. The van der Waals surface area contributed by atoms with Crippen LogP contribution in [-0.2, 0) is 11.3 Å². The van der Waals surface area contributed by atoms with Gasteiger partial charge in [-0.05, 0) is 31.5 Å². The Balaban J connectivity index is 2.35. The zero-order chi connectivity index (χ0) is 14.3. The maximum absolute atomic E-state index is 12.7. The Hall–Kier alpha value is -2.11. The lowest BCUT2D eigenvalue weighted by Crippen LogP contribution is -2.48. The fourth-order valence-electron chi connectivity index (χ4n) is 1.43. The highest BCUT2D eigenvalue weighted by atomic mass is 19.1. The van der Waals surface area contributed by atoms with E-state index in [9.17, 15) is 14.0 Å². The number of likely N-dealkylation sites (N-methyl/N-ethyl adjacent to an activating group) is 1. The molecule has 0 aromatic heterocycles. The van der Waals surface area contributed by atoms with E-state index in [1.165, 1.54) is 12.1 Å². The summed E-state index contributed by atoms with van der Waals surface area (Å²) in [5.41, 5.74) is 0.780. The Kier molecular flexibility index (Phi) is 5.78. The third-order valence-corrected chi connectivity index (χ3v) is 2.46. The molecule has 0 aliphatic heterocycles. The first-order valence-electron chi connectivity index (χ1n) is 6.09. The lowest BCUT2D eigenvalue weighted by atomic mass is 10.2. The summed E-state index contributed by atoms with van der Waals surface area (Å²) in [5, 5.41) is 7.71. The zero-order valence-electron chi connectivity index (χ0n) is 11.0. The fourth-order valence-corrected chi connectivity index (χ4v) is 1.43. The maximum atomic E-state index is 12.7. The molecule has 104 valence electrons. The molecule has 6 heteroatoms. The molecule has 0 fully saturated rings. The molecule has 0 aliphatic carbocycles. The number of urea groups is 1. The van der Waals surface area contributed by atoms with Crippen molar-refractivity contribution in [3.05, 3.63) is 35.6 Å². The van der Waals surface area contributed by atoms with E-state index in [0.717, 1.165) is 5.56 Å². The van der Waals surface area contributed by atoms with Crippen LogP contribution in [0.2, 0.25) is 0 Å². The molecular weight excluding hydrogens is 249 g/mol. The Bertz CT molecular complexity index is 434. The molecule has 19 heavy (non-hydrogen) atoms. The van der Waals surface area contributed by atoms with Crippen LogP contribution >= 0.6 is 0 Å². The maximum Gasteiger partial charge on any atom is 0.315 e. The summed E-state index contributed by atoms with van der Waals surface area (Å²) in [6.07, 6.45) is 0. The van der Waals surface area contributed by atoms with Crippen LogP contribution in [0.3, 0.4) is 0 Å². The molecule has 1 rings (SSSR count). The van der Waals surface area contributed by atoms with Crippen molar-refractivity contribution in [3.63, 3.8) is 0 Å². The normalized spacial score (nSPS) is 11.5. The number of carbonyl (C=O) groups excluding carboxylic acids is 2. The van der Waals surface area contributed by atoms with Gasteiger partial charge in [0, 0.05) is 13.1 Å². The van der Waals surface area contributed by atoms with Crippen molar-refractivity contribution in [2.45, 2.75) is 26.4 Å². The zero-order valence-corrected chi connectivity index (χ0v) is 11.0. The quantitative estimate of drug-likeness (QED) is 0.749. The van der Waals surface area contributed by atoms with Gasteiger partial charge in [0.15, 0.2) is 0 Å². The number of carbonyl (C=O) groups is 2. The van der Waals surface area contributed by atoms with Crippen molar-refractivity contribution in [3.8, 4) is 0 Å². The number of hydrogen-bond acceptors (Lipinski definition) is 2. The van der Waals surface area contributed by atoms with Crippen molar-refractivity contribution in [1.82, 2.24) is 16.0 Å². The highest BCUT2D eigenvalue weighted by Gasteiger charge is 2.13. The van der Waals surface area contributed by atoms with E-state index in [1.807, 2.05) is 0 Å². The molecule has 5 nitrogen and oxygen atoms in total.